The number of rotatable bonds is 1. The van der Waals surface area contributed by atoms with Gasteiger partial charge in [-0.1, -0.05) is 11.6 Å². The van der Waals surface area contributed by atoms with Crippen LogP contribution in [0.25, 0.3) is 10.9 Å². The predicted molar refractivity (Wildman–Crippen MR) is 83.1 cm³/mol. The van der Waals surface area contributed by atoms with Gasteiger partial charge in [-0.25, -0.2) is 0 Å². The lowest BCUT2D eigenvalue weighted by atomic mass is 10.1. The third-order valence-corrected chi connectivity index (χ3v) is 4.05. The van der Waals surface area contributed by atoms with Crippen molar-refractivity contribution < 1.29 is 4.79 Å². The highest BCUT2D eigenvalue weighted by Gasteiger charge is 2.22. The maximum Gasteiger partial charge on any atom is 0.270 e. The number of hydrogen-bond donors (Lipinski definition) is 2. The number of aromatic nitrogens is 1. The van der Waals surface area contributed by atoms with Gasteiger partial charge in [0.25, 0.3) is 5.91 Å². The standard InChI is InChI=1S/C15H16ClN3O2/c1-9-13(15(21)19-6-4-17-5-7-19)18-12-3-2-10(16)8-11(12)14(9)20/h2-3,8,17H,4-7H2,1H3,(H,18,20). The lowest BCUT2D eigenvalue weighted by molar-refractivity contribution is 0.0729. The monoisotopic (exact) mass is 305 g/mol. The van der Waals surface area contributed by atoms with Crippen molar-refractivity contribution in [1.29, 1.82) is 0 Å². The highest BCUT2D eigenvalue weighted by Crippen LogP contribution is 2.17. The molecule has 0 unspecified atom stereocenters. The number of H-pyrrole nitrogens is 1. The van der Waals surface area contributed by atoms with Gasteiger partial charge in [-0.05, 0) is 25.1 Å². The zero-order chi connectivity index (χ0) is 15.0. The molecule has 0 saturated carbocycles. The van der Waals surface area contributed by atoms with Crippen LogP contribution in [-0.2, 0) is 0 Å². The van der Waals surface area contributed by atoms with E-state index in [0.717, 1.165) is 13.1 Å². The number of amides is 1. The first-order valence-electron chi connectivity index (χ1n) is 6.90. The molecule has 21 heavy (non-hydrogen) atoms. The molecule has 1 saturated heterocycles. The average molecular weight is 306 g/mol. The fourth-order valence-corrected chi connectivity index (χ4v) is 2.77. The number of carbonyl (C=O) groups is 1. The molecule has 110 valence electrons. The number of pyridine rings is 1. The molecule has 2 aromatic rings. The van der Waals surface area contributed by atoms with Gasteiger partial charge in [0.1, 0.15) is 5.69 Å². The van der Waals surface area contributed by atoms with Crippen molar-refractivity contribution in [2.75, 3.05) is 26.2 Å². The second-order valence-electron chi connectivity index (χ2n) is 5.19. The third-order valence-electron chi connectivity index (χ3n) is 3.82. The number of halogens is 1. The molecule has 6 heteroatoms. The van der Waals surface area contributed by atoms with Gasteiger partial charge >= 0.3 is 0 Å². The molecule has 1 amide bonds. The summed E-state index contributed by atoms with van der Waals surface area (Å²) in [6.45, 7) is 4.53. The molecule has 2 heterocycles. The molecule has 3 rings (SSSR count). The van der Waals surface area contributed by atoms with E-state index in [1.807, 2.05) is 0 Å². The smallest absolute Gasteiger partial charge is 0.270 e. The van der Waals surface area contributed by atoms with Crippen LogP contribution in [0, 0.1) is 6.92 Å². The van der Waals surface area contributed by atoms with Crippen molar-refractivity contribution >= 4 is 28.4 Å². The van der Waals surface area contributed by atoms with Crippen LogP contribution in [0.4, 0.5) is 0 Å². The van der Waals surface area contributed by atoms with Gasteiger partial charge in [0.05, 0.1) is 0 Å². The lowest BCUT2D eigenvalue weighted by Gasteiger charge is -2.27. The third kappa shape index (κ3) is 2.54. The first kappa shape index (κ1) is 14.1. The molecule has 0 bridgehead atoms. The van der Waals surface area contributed by atoms with Crippen LogP contribution in [-0.4, -0.2) is 42.0 Å². The summed E-state index contributed by atoms with van der Waals surface area (Å²) in [5, 5.41) is 4.22. The molecule has 0 aliphatic carbocycles. The minimum Gasteiger partial charge on any atom is -0.350 e. The largest absolute Gasteiger partial charge is 0.350 e. The summed E-state index contributed by atoms with van der Waals surface area (Å²) in [6.07, 6.45) is 0. The van der Waals surface area contributed by atoms with Crippen LogP contribution in [0.15, 0.2) is 23.0 Å². The Balaban J connectivity index is 2.10. The van der Waals surface area contributed by atoms with E-state index >= 15 is 0 Å². The molecule has 1 aliphatic rings. The maximum atomic E-state index is 12.6. The van der Waals surface area contributed by atoms with E-state index in [-0.39, 0.29) is 11.3 Å². The summed E-state index contributed by atoms with van der Waals surface area (Å²) < 4.78 is 0. The van der Waals surface area contributed by atoms with E-state index in [1.54, 1.807) is 30.0 Å². The van der Waals surface area contributed by atoms with Crippen LogP contribution in [0.1, 0.15) is 16.1 Å². The summed E-state index contributed by atoms with van der Waals surface area (Å²) >= 11 is 5.93. The minimum absolute atomic E-state index is 0.122. The van der Waals surface area contributed by atoms with Crippen molar-refractivity contribution in [3.05, 3.63) is 44.7 Å². The van der Waals surface area contributed by atoms with Gasteiger partial charge in [-0.2, -0.15) is 0 Å². The van der Waals surface area contributed by atoms with E-state index in [9.17, 15) is 9.59 Å². The van der Waals surface area contributed by atoms with E-state index in [4.69, 9.17) is 11.6 Å². The quantitative estimate of drug-likeness (QED) is 0.840. The van der Waals surface area contributed by atoms with Gasteiger partial charge < -0.3 is 15.2 Å². The van der Waals surface area contributed by atoms with E-state index in [2.05, 4.69) is 10.3 Å². The Bertz CT molecular complexity index is 763. The molecule has 1 aromatic carbocycles. The first-order valence-corrected chi connectivity index (χ1v) is 7.28. The Morgan fingerprint density at radius 3 is 2.71 bits per heavy atom. The summed E-state index contributed by atoms with van der Waals surface area (Å²) in [7, 11) is 0. The first-order chi connectivity index (χ1) is 10.1. The van der Waals surface area contributed by atoms with E-state index < -0.39 is 0 Å². The number of aromatic amines is 1. The highest BCUT2D eigenvalue weighted by atomic mass is 35.5. The molecular formula is C15H16ClN3O2. The highest BCUT2D eigenvalue weighted by molar-refractivity contribution is 6.31. The Morgan fingerprint density at radius 2 is 2.00 bits per heavy atom. The molecule has 1 aliphatic heterocycles. The number of benzene rings is 1. The van der Waals surface area contributed by atoms with Crippen molar-refractivity contribution in [1.82, 2.24) is 15.2 Å². The van der Waals surface area contributed by atoms with Crippen LogP contribution in [0.2, 0.25) is 5.02 Å². The lowest BCUT2D eigenvalue weighted by Crippen LogP contribution is -2.47. The second-order valence-corrected chi connectivity index (χ2v) is 5.62. The molecule has 5 nitrogen and oxygen atoms in total. The second kappa shape index (κ2) is 5.50. The predicted octanol–water partition coefficient (Wildman–Crippen LogP) is 1.54. The average Bonchev–Trinajstić information content (AvgIpc) is 2.51. The zero-order valence-electron chi connectivity index (χ0n) is 11.7. The van der Waals surface area contributed by atoms with Crippen LogP contribution in [0.3, 0.4) is 0 Å². The van der Waals surface area contributed by atoms with Crippen molar-refractivity contribution in [3.8, 4) is 0 Å². The Morgan fingerprint density at radius 1 is 1.29 bits per heavy atom. The number of carbonyl (C=O) groups excluding carboxylic acids is 1. The number of fused-ring (bicyclic) bond motifs is 1. The Kier molecular flexibility index (Phi) is 3.69. The molecule has 0 spiro atoms. The van der Waals surface area contributed by atoms with E-state index in [0.29, 0.717) is 40.3 Å². The molecule has 2 N–H and O–H groups in total. The van der Waals surface area contributed by atoms with Crippen LogP contribution in [0.5, 0.6) is 0 Å². The summed E-state index contributed by atoms with van der Waals surface area (Å²) in [5.41, 5.74) is 1.29. The molecular weight excluding hydrogens is 290 g/mol. The number of hydrogen-bond acceptors (Lipinski definition) is 3. The molecule has 1 aromatic heterocycles. The van der Waals surface area contributed by atoms with Crippen molar-refractivity contribution in [2.45, 2.75) is 6.92 Å². The van der Waals surface area contributed by atoms with Crippen LogP contribution >= 0.6 is 11.6 Å². The topological polar surface area (TPSA) is 65.2 Å². The fraction of sp³-hybridized carbons (Fsp3) is 0.333. The molecule has 0 atom stereocenters. The normalized spacial score (nSPS) is 15.4. The minimum atomic E-state index is -0.148. The Labute approximate surface area is 126 Å². The van der Waals surface area contributed by atoms with Crippen molar-refractivity contribution in [2.24, 2.45) is 0 Å². The van der Waals surface area contributed by atoms with Crippen LogP contribution < -0.4 is 10.7 Å². The fourth-order valence-electron chi connectivity index (χ4n) is 2.60. The Hall–Kier alpha value is -1.85. The van der Waals surface area contributed by atoms with Gasteiger partial charge in [0.15, 0.2) is 5.43 Å². The maximum absolute atomic E-state index is 12.6. The summed E-state index contributed by atoms with van der Waals surface area (Å²) in [5.74, 6) is -0.122. The number of nitrogens with one attached hydrogen (secondary N) is 2. The zero-order valence-corrected chi connectivity index (χ0v) is 12.5. The van der Waals surface area contributed by atoms with Gasteiger partial charge in [-0.3, -0.25) is 9.59 Å². The number of piperazine rings is 1. The van der Waals surface area contributed by atoms with Crippen molar-refractivity contribution in [3.63, 3.8) is 0 Å². The van der Waals surface area contributed by atoms with Gasteiger partial charge in [-0.15, -0.1) is 0 Å². The summed E-state index contributed by atoms with van der Waals surface area (Å²) in [6, 6.07) is 5.06. The molecule has 1 fully saturated rings. The molecule has 0 radical (unpaired) electrons. The summed E-state index contributed by atoms with van der Waals surface area (Å²) in [4.78, 5) is 29.9. The van der Waals surface area contributed by atoms with E-state index in [1.165, 1.54) is 0 Å². The van der Waals surface area contributed by atoms with Gasteiger partial charge in [0.2, 0.25) is 0 Å². The van der Waals surface area contributed by atoms with Gasteiger partial charge in [0, 0.05) is 47.7 Å². The number of nitrogens with zero attached hydrogens (tertiary/aromatic N) is 1. The SMILES string of the molecule is Cc1c(C(=O)N2CCNCC2)[nH]c2ccc(Cl)cc2c1=O.